The van der Waals surface area contributed by atoms with E-state index in [0.29, 0.717) is 5.92 Å². The molecular weight excluding hydrogens is 873 g/mol. The predicted molar refractivity (Wildman–Crippen MR) is 299 cm³/mol. The third kappa shape index (κ3) is 5.20. The molecule has 1 spiro atoms. The van der Waals surface area contributed by atoms with E-state index >= 15 is 0 Å². The summed E-state index contributed by atoms with van der Waals surface area (Å²) in [6.45, 7) is 4.70. The Kier molecular flexibility index (Phi) is 8.06. The van der Waals surface area contributed by atoms with Gasteiger partial charge in [-0.2, -0.15) is 0 Å². The second-order valence-electron chi connectivity index (χ2n) is 21.0. The van der Waals surface area contributed by atoms with E-state index in [4.69, 9.17) is 4.42 Å². The first-order chi connectivity index (χ1) is 35.5. The lowest BCUT2D eigenvalue weighted by Crippen LogP contribution is -2.29. The van der Waals surface area contributed by atoms with Gasteiger partial charge in [-0.1, -0.05) is 171 Å². The first-order valence-electron chi connectivity index (χ1n) is 25.6. The van der Waals surface area contributed by atoms with Crippen LogP contribution in [-0.4, -0.2) is 9.13 Å². The molecule has 0 aliphatic heterocycles. The highest BCUT2D eigenvalue weighted by Gasteiger charge is 2.52. The Morgan fingerprint density at radius 3 is 1.97 bits per heavy atom. The van der Waals surface area contributed by atoms with Crippen molar-refractivity contribution in [3.05, 3.63) is 252 Å². The van der Waals surface area contributed by atoms with E-state index in [0.717, 1.165) is 40.5 Å². The van der Waals surface area contributed by atoms with E-state index in [9.17, 15) is 0 Å². The molecule has 72 heavy (non-hydrogen) atoms. The maximum absolute atomic E-state index is 6.72. The van der Waals surface area contributed by atoms with E-state index in [1.807, 2.05) is 0 Å². The topological polar surface area (TPSA) is 23.0 Å². The number of benzene rings is 9. The van der Waals surface area contributed by atoms with Crippen LogP contribution in [0.1, 0.15) is 53.8 Å². The highest BCUT2D eigenvalue weighted by Crippen LogP contribution is 2.64. The summed E-state index contributed by atoms with van der Waals surface area (Å²) in [6.07, 6.45) is 15.8. The number of allylic oxidation sites excluding steroid dienone is 5. The van der Waals surface area contributed by atoms with Gasteiger partial charge in [-0.3, -0.25) is 0 Å². The Labute approximate surface area is 417 Å². The zero-order valence-electron chi connectivity index (χ0n) is 40.2. The molecule has 0 bridgehead atoms. The van der Waals surface area contributed by atoms with E-state index in [2.05, 4.69) is 247 Å². The van der Waals surface area contributed by atoms with Crippen LogP contribution in [-0.2, 0) is 17.4 Å². The van der Waals surface area contributed by atoms with Crippen molar-refractivity contribution < 1.29 is 4.42 Å². The molecule has 16 rings (SSSR count). The lowest BCUT2D eigenvalue weighted by Gasteiger charge is -2.32. The number of aromatic nitrogens is 2. The number of para-hydroxylation sites is 1. The standard InChI is InChI=1S/C69H48N2O/c1-42-26-32-61-52(38-42)54-39-43(27-34-62(54)71(61)68(2)36-13-4-14-37-68)44-29-35-63-55(40-44)65-47(21-15-25-64(65)72-63)45-28-33-60-53(41-45)50-30-31-59-66(67(50)70(60)46-16-5-3-6-17-46)51-20-9-12-24-58(51)69(59)56-22-10-7-18-48(56)49-19-8-11-23-57(49)69/h3-36,39-42H,37-38H2,1-2H3. The summed E-state index contributed by atoms with van der Waals surface area (Å²) in [5, 5.41) is 6.10. The van der Waals surface area contributed by atoms with Crippen LogP contribution in [0.4, 0.5) is 0 Å². The van der Waals surface area contributed by atoms with Crippen molar-refractivity contribution in [1.82, 2.24) is 9.13 Å². The highest BCUT2D eigenvalue weighted by atomic mass is 16.3. The summed E-state index contributed by atoms with van der Waals surface area (Å²) in [6, 6.07) is 70.7. The molecule has 3 heterocycles. The zero-order chi connectivity index (χ0) is 47.5. The van der Waals surface area contributed by atoms with Crippen LogP contribution in [0.25, 0.3) is 111 Å². The van der Waals surface area contributed by atoms with Gasteiger partial charge in [0.1, 0.15) is 11.2 Å². The Balaban J connectivity index is 0.898. The molecule has 4 aliphatic carbocycles. The van der Waals surface area contributed by atoms with Gasteiger partial charge in [-0.15, -0.1) is 0 Å². The minimum Gasteiger partial charge on any atom is -0.456 e. The second-order valence-corrected chi connectivity index (χ2v) is 21.0. The van der Waals surface area contributed by atoms with Crippen LogP contribution >= 0.6 is 0 Å². The Morgan fingerprint density at radius 1 is 0.528 bits per heavy atom. The van der Waals surface area contributed by atoms with Crippen molar-refractivity contribution >= 4 is 60.7 Å². The molecule has 0 saturated carbocycles. The molecule has 9 aromatic carbocycles. The molecule has 340 valence electrons. The normalized spacial score (nSPS) is 17.9. The molecule has 12 aromatic rings. The maximum Gasteiger partial charge on any atom is 0.136 e. The van der Waals surface area contributed by atoms with Crippen molar-refractivity contribution in [2.24, 2.45) is 5.92 Å². The van der Waals surface area contributed by atoms with Crippen molar-refractivity contribution in [2.45, 2.75) is 37.6 Å². The largest absolute Gasteiger partial charge is 0.456 e. The molecule has 3 nitrogen and oxygen atoms in total. The Morgan fingerprint density at radius 2 is 1.19 bits per heavy atom. The lowest BCUT2D eigenvalue weighted by molar-refractivity contribution is 0.421. The quantitative estimate of drug-likeness (QED) is 0.172. The van der Waals surface area contributed by atoms with Crippen LogP contribution in [0.2, 0.25) is 0 Å². The van der Waals surface area contributed by atoms with Crippen molar-refractivity contribution in [3.8, 4) is 50.2 Å². The van der Waals surface area contributed by atoms with Crippen molar-refractivity contribution in [2.75, 3.05) is 0 Å². The first-order valence-corrected chi connectivity index (χ1v) is 25.6. The SMILES string of the molecule is CC1C=Cc2c(c3cc(-c4ccc5oc6cccc(-c7ccc8c(c7)c7ccc9c(c7n8-c7ccccc7)-c7ccccc7C97c8ccccc8-c8ccccc87)c6c5c4)ccc3n2C2(C)C=CC=CC2)C1. The minimum atomic E-state index is -0.428. The number of rotatable bonds is 4. The Hall–Kier alpha value is -8.66. The molecule has 3 aromatic heterocycles. The fourth-order valence-corrected chi connectivity index (χ4v) is 14.0. The Bertz CT molecular complexity index is 4390. The van der Waals surface area contributed by atoms with Gasteiger partial charge in [0.2, 0.25) is 0 Å². The smallest absolute Gasteiger partial charge is 0.136 e. The van der Waals surface area contributed by atoms with Crippen LogP contribution in [0.5, 0.6) is 0 Å². The first kappa shape index (κ1) is 40.1. The predicted octanol–water partition coefficient (Wildman–Crippen LogP) is 17.8. The van der Waals surface area contributed by atoms with Crippen LogP contribution in [0.15, 0.2) is 223 Å². The number of fused-ring (bicyclic) bond motifs is 20. The van der Waals surface area contributed by atoms with Crippen LogP contribution < -0.4 is 0 Å². The van der Waals surface area contributed by atoms with Gasteiger partial charge in [0.05, 0.1) is 22.0 Å². The molecular formula is C69H48N2O. The van der Waals surface area contributed by atoms with Crippen molar-refractivity contribution in [3.63, 3.8) is 0 Å². The summed E-state index contributed by atoms with van der Waals surface area (Å²) < 4.78 is 11.8. The van der Waals surface area contributed by atoms with E-state index in [1.54, 1.807) is 0 Å². The second kappa shape index (κ2) is 14.5. The van der Waals surface area contributed by atoms with Gasteiger partial charge >= 0.3 is 0 Å². The fraction of sp³-hybridized carbons (Fsp3) is 0.101. The van der Waals surface area contributed by atoms with Gasteiger partial charge < -0.3 is 13.6 Å². The average molecular weight is 921 g/mol. The van der Waals surface area contributed by atoms with Crippen LogP contribution in [0, 0.1) is 5.92 Å². The average Bonchev–Trinajstić information content (AvgIpc) is 4.21. The van der Waals surface area contributed by atoms with Crippen LogP contribution in [0.3, 0.4) is 0 Å². The van der Waals surface area contributed by atoms with E-state index < -0.39 is 5.41 Å². The van der Waals surface area contributed by atoms with E-state index in [-0.39, 0.29) is 5.54 Å². The molecule has 0 saturated heterocycles. The third-order valence-electron chi connectivity index (χ3n) is 17.0. The fourth-order valence-electron chi connectivity index (χ4n) is 14.0. The molecule has 4 aliphatic rings. The maximum atomic E-state index is 6.72. The number of hydrogen-bond donors (Lipinski definition) is 0. The number of nitrogens with zero attached hydrogens (tertiary/aromatic N) is 2. The molecule has 0 N–H and O–H groups in total. The molecule has 2 atom stereocenters. The van der Waals surface area contributed by atoms with Gasteiger partial charge in [-0.05, 0) is 153 Å². The molecule has 0 fully saturated rings. The van der Waals surface area contributed by atoms with Gasteiger partial charge in [0.25, 0.3) is 0 Å². The monoisotopic (exact) mass is 920 g/mol. The van der Waals surface area contributed by atoms with Gasteiger partial charge in [-0.25, -0.2) is 0 Å². The molecule has 2 unspecified atom stereocenters. The minimum absolute atomic E-state index is 0.124. The third-order valence-corrected chi connectivity index (χ3v) is 17.0. The molecule has 0 radical (unpaired) electrons. The lowest BCUT2D eigenvalue weighted by atomic mass is 9.70. The number of hydrogen-bond acceptors (Lipinski definition) is 1. The number of furan rings is 1. The summed E-state index contributed by atoms with van der Waals surface area (Å²) in [5.74, 6) is 0.494. The van der Waals surface area contributed by atoms with Crippen molar-refractivity contribution in [1.29, 1.82) is 0 Å². The summed E-state index contributed by atoms with van der Waals surface area (Å²) in [7, 11) is 0. The zero-order valence-corrected chi connectivity index (χ0v) is 40.2. The van der Waals surface area contributed by atoms with Gasteiger partial charge in [0.15, 0.2) is 0 Å². The van der Waals surface area contributed by atoms with E-state index in [1.165, 1.54) is 111 Å². The molecule has 3 heteroatoms. The van der Waals surface area contributed by atoms with Gasteiger partial charge in [0, 0.05) is 49.4 Å². The summed E-state index contributed by atoms with van der Waals surface area (Å²) in [5.41, 5.74) is 24.3. The highest BCUT2D eigenvalue weighted by molar-refractivity contribution is 6.19. The molecule has 0 amide bonds. The summed E-state index contributed by atoms with van der Waals surface area (Å²) in [4.78, 5) is 0. The summed E-state index contributed by atoms with van der Waals surface area (Å²) >= 11 is 0.